The van der Waals surface area contributed by atoms with Crippen molar-refractivity contribution in [3.8, 4) is 11.8 Å². The minimum absolute atomic E-state index is 0.164. The standard InChI is InChI=1S/C18H25N5O2/c1-4-5-6-7-13-8-10-14(11-9-13)20-17(19)23-18-21-15(24-2)12-16(22-18)25-3/h8-12H,4-7H2,1-3H3,(H3,19,20,21,22,23). The summed E-state index contributed by atoms with van der Waals surface area (Å²) in [6.45, 7) is 2.21. The molecule has 3 N–H and O–H groups in total. The van der Waals surface area contributed by atoms with Crippen molar-refractivity contribution in [2.24, 2.45) is 10.7 Å². The lowest BCUT2D eigenvalue weighted by atomic mass is 10.1. The zero-order valence-corrected chi connectivity index (χ0v) is 15.0. The van der Waals surface area contributed by atoms with Crippen LogP contribution in [0.2, 0.25) is 0 Å². The van der Waals surface area contributed by atoms with E-state index in [4.69, 9.17) is 15.2 Å². The van der Waals surface area contributed by atoms with Crippen LogP contribution in [0.4, 0.5) is 11.6 Å². The van der Waals surface area contributed by atoms with Gasteiger partial charge in [-0.1, -0.05) is 31.9 Å². The second-order valence-electron chi connectivity index (χ2n) is 5.53. The van der Waals surface area contributed by atoms with E-state index in [1.807, 2.05) is 12.1 Å². The first-order chi connectivity index (χ1) is 12.1. The van der Waals surface area contributed by atoms with E-state index in [1.165, 1.54) is 39.0 Å². The molecule has 7 heteroatoms. The number of nitrogens with two attached hydrogens (primary N) is 1. The minimum Gasteiger partial charge on any atom is -0.481 e. The van der Waals surface area contributed by atoms with Crippen molar-refractivity contribution in [2.75, 3.05) is 19.5 Å². The number of benzene rings is 1. The Balaban J connectivity index is 2.03. The van der Waals surface area contributed by atoms with Gasteiger partial charge in [0.15, 0.2) is 0 Å². The maximum Gasteiger partial charge on any atom is 0.259 e. The van der Waals surface area contributed by atoms with Crippen LogP contribution in [-0.2, 0) is 6.42 Å². The van der Waals surface area contributed by atoms with E-state index in [0.29, 0.717) is 11.8 Å². The van der Waals surface area contributed by atoms with Crippen molar-refractivity contribution < 1.29 is 9.47 Å². The number of aromatic nitrogens is 2. The van der Waals surface area contributed by atoms with Gasteiger partial charge in [-0.2, -0.15) is 15.0 Å². The van der Waals surface area contributed by atoms with E-state index in [-0.39, 0.29) is 11.9 Å². The van der Waals surface area contributed by atoms with Crippen LogP contribution in [-0.4, -0.2) is 30.1 Å². The predicted molar refractivity (Wildman–Crippen MR) is 99.7 cm³/mol. The number of nitrogens with one attached hydrogen (secondary N) is 1. The highest BCUT2D eigenvalue weighted by Crippen LogP contribution is 2.19. The van der Waals surface area contributed by atoms with Gasteiger partial charge in [0, 0.05) is 5.69 Å². The number of guanidine groups is 1. The molecule has 1 aromatic heterocycles. The van der Waals surface area contributed by atoms with Crippen LogP contribution >= 0.6 is 0 Å². The SMILES string of the molecule is CCCCCc1ccc(N/C(N)=N/c2nc(OC)cc(OC)n2)cc1. The van der Waals surface area contributed by atoms with Gasteiger partial charge in [-0.05, 0) is 30.5 Å². The highest BCUT2D eigenvalue weighted by Gasteiger charge is 2.05. The number of rotatable bonds is 8. The molecule has 134 valence electrons. The molecule has 25 heavy (non-hydrogen) atoms. The van der Waals surface area contributed by atoms with Gasteiger partial charge in [0.05, 0.1) is 20.3 Å². The van der Waals surface area contributed by atoms with Gasteiger partial charge < -0.3 is 20.5 Å². The van der Waals surface area contributed by atoms with Gasteiger partial charge in [0.2, 0.25) is 17.7 Å². The summed E-state index contributed by atoms with van der Waals surface area (Å²) in [5.74, 6) is 1.07. The molecule has 0 radical (unpaired) electrons. The first kappa shape index (κ1) is 18.5. The van der Waals surface area contributed by atoms with Crippen LogP contribution in [0.1, 0.15) is 31.7 Å². The fraction of sp³-hybridized carbons (Fsp3) is 0.389. The number of nitrogens with zero attached hydrogens (tertiary/aromatic N) is 3. The number of ether oxygens (including phenoxy) is 2. The van der Waals surface area contributed by atoms with E-state index in [9.17, 15) is 0 Å². The van der Waals surface area contributed by atoms with Crippen molar-refractivity contribution in [1.29, 1.82) is 0 Å². The number of hydrogen-bond acceptors (Lipinski definition) is 5. The Morgan fingerprint density at radius 2 is 1.72 bits per heavy atom. The van der Waals surface area contributed by atoms with Crippen molar-refractivity contribution in [2.45, 2.75) is 32.6 Å². The predicted octanol–water partition coefficient (Wildman–Crippen LogP) is 3.28. The lowest BCUT2D eigenvalue weighted by molar-refractivity contribution is 0.372. The van der Waals surface area contributed by atoms with Gasteiger partial charge >= 0.3 is 0 Å². The van der Waals surface area contributed by atoms with Crippen LogP contribution in [0.3, 0.4) is 0 Å². The summed E-state index contributed by atoms with van der Waals surface area (Å²) >= 11 is 0. The smallest absolute Gasteiger partial charge is 0.259 e. The fourth-order valence-corrected chi connectivity index (χ4v) is 2.27. The summed E-state index contributed by atoms with van der Waals surface area (Å²) in [5.41, 5.74) is 8.11. The summed E-state index contributed by atoms with van der Waals surface area (Å²) < 4.78 is 10.2. The number of unbranched alkanes of at least 4 members (excludes halogenated alkanes) is 2. The molecule has 0 aliphatic carbocycles. The largest absolute Gasteiger partial charge is 0.481 e. The average molecular weight is 343 g/mol. The topological polar surface area (TPSA) is 94.7 Å². The fourth-order valence-electron chi connectivity index (χ4n) is 2.27. The Kier molecular flexibility index (Phi) is 7.00. The number of anilines is 1. The van der Waals surface area contributed by atoms with Crippen molar-refractivity contribution in [3.63, 3.8) is 0 Å². The van der Waals surface area contributed by atoms with E-state index >= 15 is 0 Å². The molecule has 0 spiro atoms. The molecule has 1 aromatic carbocycles. The zero-order valence-electron chi connectivity index (χ0n) is 15.0. The maximum atomic E-state index is 5.93. The molecule has 2 rings (SSSR count). The zero-order chi connectivity index (χ0) is 18.1. The van der Waals surface area contributed by atoms with Crippen molar-refractivity contribution in [1.82, 2.24) is 9.97 Å². The third-order valence-corrected chi connectivity index (χ3v) is 3.60. The number of aliphatic imine (C=N–C) groups is 1. The summed E-state index contributed by atoms with van der Waals surface area (Å²) in [6.07, 6.45) is 4.78. The second kappa shape index (κ2) is 9.46. The Bertz CT molecular complexity index is 679. The molecule has 0 fully saturated rings. The van der Waals surface area contributed by atoms with Gasteiger partial charge in [0.1, 0.15) is 0 Å². The molecule has 0 aliphatic rings. The van der Waals surface area contributed by atoms with Gasteiger partial charge in [-0.3, -0.25) is 0 Å². The van der Waals surface area contributed by atoms with Crippen LogP contribution in [0.15, 0.2) is 35.3 Å². The summed E-state index contributed by atoms with van der Waals surface area (Å²) in [4.78, 5) is 12.4. The Morgan fingerprint density at radius 1 is 1.08 bits per heavy atom. The van der Waals surface area contributed by atoms with Gasteiger partial charge in [-0.15, -0.1) is 0 Å². The number of aryl methyl sites for hydroxylation is 1. The molecular formula is C18H25N5O2. The normalized spacial score (nSPS) is 11.2. The molecule has 0 amide bonds. The van der Waals surface area contributed by atoms with Crippen LogP contribution in [0, 0.1) is 0 Å². The summed E-state index contributed by atoms with van der Waals surface area (Å²) in [5, 5.41) is 3.03. The summed E-state index contributed by atoms with van der Waals surface area (Å²) in [6, 6.07) is 9.72. The lowest BCUT2D eigenvalue weighted by Crippen LogP contribution is -2.22. The van der Waals surface area contributed by atoms with Gasteiger partial charge in [-0.25, -0.2) is 0 Å². The first-order valence-electron chi connectivity index (χ1n) is 8.31. The molecule has 0 unspecified atom stereocenters. The van der Waals surface area contributed by atoms with Crippen molar-refractivity contribution >= 4 is 17.6 Å². The third-order valence-electron chi connectivity index (χ3n) is 3.60. The monoisotopic (exact) mass is 343 g/mol. The Labute approximate surface area is 148 Å². The molecule has 0 bridgehead atoms. The van der Waals surface area contributed by atoms with Gasteiger partial charge in [0.25, 0.3) is 5.95 Å². The third kappa shape index (κ3) is 5.95. The number of methoxy groups -OCH3 is 2. The highest BCUT2D eigenvalue weighted by molar-refractivity contribution is 5.93. The Hall–Kier alpha value is -2.83. The first-order valence-corrected chi connectivity index (χ1v) is 8.31. The maximum absolute atomic E-state index is 5.93. The van der Waals surface area contributed by atoms with Crippen LogP contribution < -0.4 is 20.5 Å². The average Bonchev–Trinajstić information content (AvgIpc) is 2.63. The molecule has 0 saturated carbocycles. The van der Waals surface area contributed by atoms with E-state index in [1.54, 1.807) is 6.07 Å². The van der Waals surface area contributed by atoms with E-state index in [2.05, 4.69) is 39.3 Å². The molecule has 0 saturated heterocycles. The molecular weight excluding hydrogens is 318 g/mol. The molecule has 0 atom stereocenters. The van der Waals surface area contributed by atoms with E-state index in [0.717, 1.165) is 12.1 Å². The second-order valence-corrected chi connectivity index (χ2v) is 5.53. The minimum atomic E-state index is 0.164. The van der Waals surface area contributed by atoms with Crippen molar-refractivity contribution in [3.05, 3.63) is 35.9 Å². The molecule has 2 aromatic rings. The summed E-state index contributed by atoms with van der Waals surface area (Å²) in [7, 11) is 3.03. The quantitative estimate of drug-likeness (QED) is 0.434. The molecule has 7 nitrogen and oxygen atoms in total. The highest BCUT2D eigenvalue weighted by atomic mass is 16.5. The van der Waals surface area contributed by atoms with E-state index < -0.39 is 0 Å². The molecule has 0 aliphatic heterocycles. The number of hydrogen-bond donors (Lipinski definition) is 2. The Morgan fingerprint density at radius 3 is 2.28 bits per heavy atom. The molecule has 1 heterocycles. The van der Waals surface area contributed by atoms with Crippen LogP contribution in [0.25, 0.3) is 0 Å². The lowest BCUT2D eigenvalue weighted by Gasteiger charge is -2.07. The van der Waals surface area contributed by atoms with Crippen LogP contribution in [0.5, 0.6) is 11.8 Å².